The molecule has 2 rings (SSSR count). The quantitative estimate of drug-likeness (QED) is 0.810. The Morgan fingerprint density at radius 1 is 1.25 bits per heavy atom. The smallest absolute Gasteiger partial charge is 0.0639 e. The van der Waals surface area contributed by atoms with Gasteiger partial charge in [0.05, 0.1) is 10.7 Å². The molecule has 0 atom stereocenters. The molecular formula is C13H19ClN2. The van der Waals surface area contributed by atoms with Crippen LogP contribution in [0.1, 0.15) is 20.3 Å². The topological polar surface area (TPSA) is 15.3 Å². The van der Waals surface area contributed by atoms with Crippen molar-refractivity contribution < 1.29 is 0 Å². The van der Waals surface area contributed by atoms with Crippen LogP contribution in [0.4, 0.5) is 5.69 Å². The van der Waals surface area contributed by atoms with Crippen LogP contribution in [0.3, 0.4) is 0 Å². The maximum Gasteiger partial charge on any atom is 0.0639 e. The Labute approximate surface area is 103 Å². The molecule has 1 aromatic carbocycles. The van der Waals surface area contributed by atoms with Gasteiger partial charge in [-0.05, 0) is 38.9 Å². The molecule has 3 heteroatoms. The van der Waals surface area contributed by atoms with Gasteiger partial charge in [0, 0.05) is 18.6 Å². The van der Waals surface area contributed by atoms with E-state index in [0.29, 0.717) is 0 Å². The summed E-state index contributed by atoms with van der Waals surface area (Å²) in [4.78, 5) is 2.41. The minimum atomic E-state index is 0.161. The first-order valence-electron chi connectivity index (χ1n) is 5.84. The van der Waals surface area contributed by atoms with Crippen molar-refractivity contribution in [2.45, 2.75) is 25.8 Å². The molecule has 1 saturated heterocycles. The lowest BCUT2D eigenvalue weighted by molar-refractivity contribution is 0.454. The average molecular weight is 239 g/mol. The molecular weight excluding hydrogens is 220 g/mol. The van der Waals surface area contributed by atoms with Gasteiger partial charge in [-0.15, -0.1) is 0 Å². The molecule has 16 heavy (non-hydrogen) atoms. The second kappa shape index (κ2) is 4.64. The fourth-order valence-electron chi connectivity index (χ4n) is 2.26. The number of anilines is 1. The Balaban J connectivity index is 2.33. The summed E-state index contributed by atoms with van der Waals surface area (Å²) in [6, 6.07) is 8.10. The first-order chi connectivity index (χ1) is 7.61. The number of rotatable bonds is 1. The third-order valence-corrected chi connectivity index (χ3v) is 3.62. The Bertz CT molecular complexity index is 363. The van der Waals surface area contributed by atoms with Crippen LogP contribution in [-0.2, 0) is 0 Å². The van der Waals surface area contributed by atoms with Crippen LogP contribution in [0.5, 0.6) is 0 Å². The molecule has 0 unspecified atom stereocenters. The van der Waals surface area contributed by atoms with E-state index < -0.39 is 0 Å². The molecule has 88 valence electrons. The molecule has 0 saturated carbocycles. The highest BCUT2D eigenvalue weighted by atomic mass is 35.5. The maximum absolute atomic E-state index is 6.28. The van der Waals surface area contributed by atoms with Gasteiger partial charge in [0.15, 0.2) is 0 Å². The number of nitrogens with one attached hydrogen (secondary N) is 1. The van der Waals surface area contributed by atoms with Crippen molar-refractivity contribution in [1.29, 1.82) is 0 Å². The minimum Gasteiger partial charge on any atom is -0.364 e. The van der Waals surface area contributed by atoms with E-state index in [9.17, 15) is 0 Å². The standard InChI is InChI=1S/C13H19ClN2/c1-13(2)7-8-15-9-10-16(13)12-6-4-3-5-11(12)14/h3-6,15H,7-10H2,1-2H3. The van der Waals surface area contributed by atoms with Crippen LogP contribution >= 0.6 is 11.6 Å². The molecule has 1 aliphatic rings. The summed E-state index contributed by atoms with van der Waals surface area (Å²) in [5.41, 5.74) is 1.31. The molecule has 0 aliphatic carbocycles. The van der Waals surface area contributed by atoms with Gasteiger partial charge in [0.1, 0.15) is 0 Å². The molecule has 1 aliphatic heterocycles. The number of para-hydroxylation sites is 1. The molecule has 0 bridgehead atoms. The normalized spacial score (nSPS) is 20.6. The Morgan fingerprint density at radius 2 is 2.00 bits per heavy atom. The predicted octanol–water partition coefficient (Wildman–Crippen LogP) is 2.92. The summed E-state index contributed by atoms with van der Waals surface area (Å²) in [5, 5.41) is 4.28. The summed E-state index contributed by atoms with van der Waals surface area (Å²) in [7, 11) is 0. The van der Waals surface area contributed by atoms with E-state index in [2.05, 4.69) is 36.2 Å². The van der Waals surface area contributed by atoms with E-state index in [1.54, 1.807) is 0 Å². The zero-order valence-corrected chi connectivity index (χ0v) is 10.7. The van der Waals surface area contributed by atoms with Crippen molar-refractivity contribution in [2.75, 3.05) is 24.5 Å². The van der Waals surface area contributed by atoms with E-state index in [1.807, 2.05) is 12.1 Å². The van der Waals surface area contributed by atoms with Crippen molar-refractivity contribution in [3.63, 3.8) is 0 Å². The summed E-state index contributed by atoms with van der Waals surface area (Å²) < 4.78 is 0. The highest BCUT2D eigenvalue weighted by molar-refractivity contribution is 6.33. The number of nitrogens with zero attached hydrogens (tertiary/aromatic N) is 1. The zero-order chi connectivity index (χ0) is 11.6. The lowest BCUT2D eigenvalue weighted by Gasteiger charge is -2.39. The van der Waals surface area contributed by atoms with Crippen LogP contribution in [-0.4, -0.2) is 25.2 Å². The van der Waals surface area contributed by atoms with Gasteiger partial charge in [-0.3, -0.25) is 0 Å². The van der Waals surface area contributed by atoms with E-state index in [0.717, 1.165) is 36.8 Å². The lowest BCUT2D eigenvalue weighted by Crippen LogP contribution is -2.44. The summed E-state index contributed by atoms with van der Waals surface area (Å²) >= 11 is 6.28. The van der Waals surface area contributed by atoms with Gasteiger partial charge in [-0.25, -0.2) is 0 Å². The van der Waals surface area contributed by atoms with Crippen molar-refractivity contribution in [2.24, 2.45) is 0 Å². The number of hydrogen-bond donors (Lipinski definition) is 1. The van der Waals surface area contributed by atoms with Crippen molar-refractivity contribution in [1.82, 2.24) is 5.32 Å². The van der Waals surface area contributed by atoms with Gasteiger partial charge in [0.25, 0.3) is 0 Å². The van der Waals surface area contributed by atoms with E-state index in [1.165, 1.54) is 0 Å². The third-order valence-electron chi connectivity index (χ3n) is 3.30. The van der Waals surface area contributed by atoms with Crippen LogP contribution in [0, 0.1) is 0 Å². The Hall–Kier alpha value is -0.730. The second-order valence-electron chi connectivity index (χ2n) is 4.92. The molecule has 0 radical (unpaired) electrons. The van der Waals surface area contributed by atoms with Gasteiger partial charge < -0.3 is 10.2 Å². The maximum atomic E-state index is 6.28. The molecule has 0 spiro atoms. The van der Waals surface area contributed by atoms with Gasteiger partial charge >= 0.3 is 0 Å². The number of hydrogen-bond acceptors (Lipinski definition) is 2. The van der Waals surface area contributed by atoms with Gasteiger partial charge in [-0.1, -0.05) is 23.7 Å². The van der Waals surface area contributed by atoms with E-state index in [4.69, 9.17) is 11.6 Å². The average Bonchev–Trinajstić information content (AvgIpc) is 2.40. The third kappa shape index (κ3) is 2.33. The highest BCUT2D eigenvalue weighted by Crippen LogP contribution is 2.32. The monoisotopic (exact) mass is 238 g/mol. The Morgan fingerprint density at radius 3 is 2.75 bits per heavy atom. The van der Waals surface area contributed by atoms with Gasteiger partial charge in [0.2, 0.25) is 0 Å². The molecule has 1 fully saturated rings. The predicted molar refractivity (Wildman–Crippen MR) is 70.4 cm³/mol. The lowest BCUT2D eigenvalue weighted by atomic mass is 9.98. The fourth-order valence-corrected chi connectivity index (χ4v) is 2.50. The molecule has 2 nitrogen and oxygen atoms in total. The van der Waals surface area contributed by atoms with Crippen molar-refractivity contribution in [3.05, 3.63) is 29.3 Å². The largest absolute Gasteiger partial charge is 0.364 e. The highest BCUT2D eigenvalue weighted by Gasteiger charge is 2.29. The van der Waals surface area contributed by atoms with Crippen LogP contribution in [0.15, 0.2) is 24.3 Å². The summed E-state index contributed by atoms with van der Waals surface area (Å²) in [5.74, 6) is 0. The van der Waals surface area contributed by atoms with Crippen molar-refractivity contribution >= 4 is 17.3 Å². The van der Waals surface area contributed by atoms with Crippen LogP contribution in [0.25, 0.3) is 0 Å². The fraction of sp³-hybridized carbons (Fsp3) is 0.538. The van der Waals surface area contributed by atoms with Crippen LogP contribution in [0.2, 0.25) is 5.02 Å². The van der Waals surface area contributed by atoms with E-state index >= 15 is 0 Å². The SMILES string of the molecule is CC1(C)CCNCCN1c1ccccc1Cl. The first-order valence-corrected chi connectivity index (χ1v) is 6.22. The number of benzene rings is 1. The summed E-state index contributed by atoms with van der Waals surface area (Å²) in [6.07, 6.45) is 1.14. The molecule has 0 amide bonds. The Kier molecular flexibility index (Phi) is 3.41. The summed E-state index contributed by atoms with van der Waals surface area (Å²) in [6.45, 7) is 7.67. The van der Waals surface area contributed by atoms with Crippen LogP contribution < -0.4 is 10.2 Å². The van der Waals surface area contributed by atoms with E-state index in [-0.39, 0.29) is 5.54 Å². The molecule has 1 aromatic rings. The first kappa shape index (κ1) is 11.7. The minimum absolute atomic E-state index is 0.161. The van der Waals surface area contributed by atoms with Crippen molar-refractivity contribution in [3.8, 4) is 0 Å². The second-order valence-corrected chi connectivity index (χ2v) is 5.32. The zero-order valence-electron chi connectivity index (χ0n) is 9.96. The molecule has 1 heterocycles. The van der Waals surface area contributed by atoms with Gasteiger partial charge in [-0.2, -0.15) is 0 Å². The molecule has 1 N–H and O–H groups in total. The molecule has 0 aromatic heterocycles. The number of halogens is 1.